The molecule has 1 aromatic carbocycles. The number of hydrogen-bond acceptors (Lipinski definition) is 3. The van der Waals surface area contributed by atoms with Crippen molar-refractivity contribution in [2.75, 3.05) is 17.8 Å². The Labute approximate surface area is 115 Å². The third-order valence-corrected chi connectivity index (χ3v) is 4.78. The highest BCUT2D eigenvalue weighted by atomic mass is 79.9. The second-order valence-electron chi connectivity index (χ2n) is 3.89. The minimum atomic E-state index is -3.49. The molecule has 0 amide bonds. The maximum atomic E-state index is 12.9. The van der Waals surface area contributed by atoms with Crippen LogP contribution in [0.5, 0.6) is 0 Å². The van der Waals surface area contributed by atoms with Crippen LogP contribution in [0.2, 0.25) is 0 Å². The lowest BCUT2D eigenvalue weighted by atomic mass is 10.3. The topological polar surface area (TPSA) is 58.2 Å². The van der Waals surface area contributed by atoms with Crippen LogP contribution < -0.4 is 10.0 Å². The van der Waals surface area contributed by atoms with E-state index in [1.807, 2.05) is 6.92 Å². The monoisotopic (exact) mass is 338 g/mol. The summed E-state index contributed by atoms with van der Waals surface area (Å²) in [6.45, 7) is 4.59. The van der Waals surface area contributed by atoms with E-state index in [2.05, 4.69) is 26.0 Å². The number of nitrogens with one attached hydrogen (secondary N) is 2. The van der Waals surface area contributed by atoms with Crippen LogP contribution in [0.4, 0.5) is 10.1 Å². The number of hydrogen-bond donors (Lipinski definition) is 2. The fraction of sp³-hybridized carbons (Fsp3) is 0.455. The molecule has 1 atom stereocenters. The van der Waals surface area contributed by atoms with Crippen molar-refractivity contribution >= 4 is 31.6 Å². The molecule has 1 rings (SSSR count). The number of rotatable bonds is 6. The predicted molar refractivity (Wildman–Crippen MR) is 74.6 cm³/mol. The van der Waals surface area contributed by atoms with Crippen LogP contribution in [0.15, 0.2) is 22.7 Å². The second kappa shape index (κ2) is 6.49. The lowest BCUT2D eigenvalue weighted by Crippen LogP contribution is -2.34. The maximum Gasteiger partial charge on any atom is 0.236 e. The van der Waals surface area contributed by atoms with Crippen molar-refractivity contribution in [3.63, 3.8) is 0 Å². The number of sulfonamides is 1. The Morgan fingerprint density at radius 3 is 2.67 bits per heavy atom. The van der Waals surface area contributed by atoms with Crippen LogP contribution in [0.3, 0.4) is 0 Å². The van der Waals surface area contributed by atoms with Crippen LogP contribution in [-0.4, -0.2) is 26.8 Å². The summed E-state index contributed by atoms with van der Waals surface area (Å²) >= 11 is 3.12. The number of anilines is 1. The Morgan fingerprint density at radius 1 is 1.44 bits per heavy atom. The van der Waals surface area contributed by atoms with E-state index in [4.69, 9.17) is 0 Å². The summed E-state index contributed by atoms with van der Waals surface area (Å²) < 4.78 is 39.7. The Kier molecular flexibility index (Phi) is 5.55. The summed E-state index contributed by atoms with van der Waals surface area (Å²) in [6, 6.07) is 3.81. The quantitative estimate of drug-likeness (QED) is 0.836. The van der Waals surface area contributed by atoms with E-state index >= 15 is 0 Å². The SMILES string of the molecule is CCNCC(C)S(=O)(=O)Nc1ccc(F)cc1Br. The zero-order chi connectivity index (χ0) is 13.8. The number of halogens is 2. The molecule has 0 aliphatic carbocycles. The highest BCUT2D eigenvalue weighted by Crippen LogP contribution is 2.24. The first kappa shape index (κ1) is 15.4. The minimum Gasteiger partial charge on any atom is -0.316 e. The molecule has 0 aliphatic heterocycles. The third-order valence-electron chi connectivity index (χ3n) is 2.39. The van der Waals surface area contributed by atoms with E-state index in [-0.39, 0.29) is 0 Å². The lowest BCUT2D eigenvalue weighted by Gasteiger charge is -2.15. The van der Waals surface area contributed by atoms with Gasteiger partial charge in [-0.05, 0) is 47.6 Å². The van der Waals surface area contributed by atoms with Crippen molar-refractivity contribution in [1.29, 1.82) is 0 Å². The molecule has 0 radical (unpaired) electrons. The normalized spacial score (nSPS) is 13.3. The van der Waals surface area contributed by atoms with Gasteiger partial charge in [-0.15, -0.1) is 0 Å². The molecule has 7 heteroatoms. The molecule has 1 aromatic rings. The molecule has 0 heterocycles. The van der Waals surface area contributed by atoms with Crippen LogP contribution in [0.25, 0.3) is 0 Å². The van der Waals surface area contributed by atoms with Crippen LogP contribution in [-0.2, 0) is 10.0 Å². The van der Waals surface area contributed by atoms with Gasteiger partial charge in [-0.25, -0.2) is 12.8 Å². The Morgan fingerprint density at radius 2 is 2.11 bits per heavy atom. The Hall–Kier alpha value is -0.660. The van der Waals surface area contributed by atoms with Gasteiger partial charge in [-0.3, -0.25) is 4.72 Å². The van der Waals surface area contributed by atoms with Gasteiger partial charge in [0.1, 0.15) is 5.82 Å². The molecule has 0 saturated heterocycles. The molecular formula is C11H16BrFN2O2S. The molecule has 0 saturated carbocycles. The van der Waals surface area contributed by atoms with Gasteiger partial charge in [0.15, 0.2) is 0 Å². The smallest absolute Gasteiger partial charge is 0.236 e. The minimum absolute atomic E-state index is 0.333. The van der Waals surface area contributed by atoms with Gasteiger partial charge in [0.25, 0.3) is 0 Å². The molecule has 1 unspecified atom stereocenters. The van der Waals surface area contributed by atoms with E-state index in [0.29, 0.717) is 23.2 Å². The zero-order valence-corrected chi connectivity index (χ0v) is 12.6. The maximum absolute atomic E-state index is 12.9. The largest absolute Gasteiger partial charge is 0.316 e. The van der Waals surface area contributed by atoms with E-state index < -0.39 is 21.1 Å². The molecule has 0 spiro atoms. The Balaban J connectivity index is 2.82. The van der Waals surface area contributed by atoms with Gasteiger partial charge in [-0.2, -0.15) is 0 Å². The van der Waals surface area contributed by atoms with Gasteiger partial charge < -0.3 is 5.32 Å². The van der Waals surface area contributed by atoms with Crippen molar-refractivity contribution in [3.05, 3.63) is 28.5 Å². The summed E-state index contributed by atoms with van der Waals surface area (Å²) in [7, 11) is -3.49. The first-order valence-electron chi connectivity index (χ1n) is 5.54. The molecule has 0 aliphatic rings. The average Bonchev–Trinajstić information content (AvgIpc) is 2.29. The fourth-order valence-electron chi connectivity index (χ4n) is 1.28. The summed E-state index contributed by atoms with van der Waals surface area (Å²) in [4.78, 5) is 0. The first-order valence-corrected chi connectivity index (χ1v) is 7.88. The average molecular weight is 339 g/mol. The van der Waals surface area contributed by atoms with Crippen molar-refractivity contribution in [2.24, 2.45) is 0 Å². The second-order valence-corrected chi connectivity index (χ2v) is 6.84. The first-order chi connectivity index (χ1) is 8.36. The highest BCUT2D eigenvalue weighted by molar-refractivity contribution is 9.10. The standard InChI is InChI=1S/C11H16BrFN2O2S/c1-3-14-7-8(2)18(16,17)15-11-5-4-9(13)6-10(11)12/h4-6,8,14-15H,3,7H2,1-2H3. The molecule has 102 valence electrons. The van der Waals surface area contributed by atoms with Crippen LogP contribution in [0.1, 0.15) is 13.8 Å². The molecule has 4 nitrogen and oxygen atoms in total. The van der Waals surface area contributed by atoms with Crippen molar-refractivity contribution < 1.29 is 12.8 Å². The van der Waals surface area contributed by atoms with Crippen LogP contribution in [0, 0.1) is 5.82 Å². The lowest BCUT2D eigenvalue weighted by molar-refractivity contribution is 0.579. The summed E-state index contributed by atoms with van der Waals surface area (Å²) in [5.74, 6) is -0.425. The van der Waals surface area contributed by atoms with Gasteiger partial charge >= 0.3 is 0 Å². The van der Waals surface area contributed by atoms with Gasteiger partial charge in [0.05, 0.1) is 10.9 Å². The number of benzene rings is 1. The summed E-state index contributed by atoms with van der Waals surface area (Å²) in [5.41, 5.74) is 0.333. The zero-order valence-electron chi connectivity index (χ0n) is 10.2. The predicted octanol–water partition coefficient (Wildman–Crippen LogP) is 2.33. The molecule has 0 aromatic heterocycles. The molecule has 0 bridgehead atoms. The molecule has 0 fully saturated rings. The summed E-state index contributed by atoms with van der Waals surface area (Å²) in [5, 5.41) is 2.40. The Bertz CT molecular complexity index is 508. The molecule has 2 N–H and O–H groups in total. The van der Waals surface area contributed by atoms with Crippen LogP contribution >= 0.6 is 15.9 Å². The van der Waals surface area contributed by atoms with E-state index in [9.17, 15) is 12.8 Å². The van der Waals surface area contributed by atoms with E-state index in [0.717, 1.165) is 0 Å². The van der Waals surface area contributed by atoms with Crippen molar-refractivity contribution in [2.45, 2.75) is 19.1 Å². The highest BCUT2D eigenvalue weighted by Gasteiger charge is 2.21. The van der Waals surface area contributed by atoms with Gasteiger partial charge in [0, 0.05) is 11.0 Å². The van der Waals surface area contributed by atoms with Crippen molar-refractivity contribution in [1.82, 2.24) is 5.32 Å². The molecule has 18 heavy (non-hydrogen) atoms. The van der Waals surface area contributed by atoms with E-state index in [1.54, 1.807) is 6.92 Å². The van der Waals surface area contributed by atoms with E-state index in [1.165, 1.54) is 18.2 Å². The van der Waals surface area contributed by atoms with Gasteiger partial charge in [0.2, 0.25) is 10.0 Å². The fourth-order valence-corrected chi connectivity index (χ4v) is 2.89. The van der Waals surface area contributed by atoms with Gasteiger partial charge in [-0.1, -0.05) is 6.92 Å². The molecular weight excluding hydrogens is 323 g/mol. The summed E-state index contributed by atoms with van der Waals surface area (Å²) in [6.07, 6.45) is 0. The third kappa shape index (κ3) is 4.22. The van der Waals surface area contributed by atoms with Crippen molar-refractivity contribution in [3.8, 4) is 0 Å².